The molecule has 0 aliphatic carbocycles. The van der Waals surface area contributed by atoms with Crippen molar-refractivity contribution < 1.29 is 14.3 Å². The van der Waals surface area contributed by atoms with Crippen LogP contribution in [0.1, 0.15) is 42.3 Å². The number of esters is 1. The van der Waals surface area contributed by atoms with Gasteiger partial charge in [-0.3, -0.25) is 4.79 Å². The van der Waals surface area contributed by atoms with Crippen LogP contribution in [0.15, 0.2) is 66.0 Å². The summed E-state index contributed by atoms with van der Waals surface area (Å²) >= 11 is 1.71. The van der Waals surface area contributed by atoms with Crippen LogP contribution in [0.3, 0.4) is 0 Å². The lowest BCUT2D eigenvalue weighted by atomic mass is 9.97. The Hall–Kier alpha value is -2.89. The third-order valence-electron chi connectivity index (χ3n) is 4.74. The summed E-state index contributed by atoms with van der Waals surface area (Å²) in [6.45, 7) is 7.71. The van der Waals surface area contributed by atoms with Gasteiger partial charge in [-0.15, -0.1) is 11.3 Å². The van der Waals surface area contributed by atoms with Crippen molar-refractivity contribution >= 4 is 29.5 Å². The zero-order chi connectivity index (χ0) is 22.8. The van der Waals surface area contributed by atoms with Crippen molar-refractivity contribution in [1.29, 1.82) is 0 Å². The van der Waals surface area contributed by atoms with Crippen LogP contribution in [-0.4, -0.2) is 19.1 Å². The molecule has 2 aromatic carbocycles. The van der Waals surface area contributed by atoms with E-state index in [1.54, 1.807) is 11.3 Å². The monoisotopic (exact) mass is 449 g/mol. The van der Waals surface area contributed by atoms with E-state index in [2.05, 4.69) is 59.2 Å². The maximum atomic E-state index is 11.8. The molecule has 0 amide bonds. The van der Waals surface area contributed by atoms with Crippen molar-refractivity contribution in [3.63, 3.8) is 0 Å². The molecule has 0 saturated carbocycles. The molecule has 0 saturated heterocycles. The first-order valence-corrected chi connectivity index (χ1v) is 11.7. The minimum absolute atomic E-state index is 0.183. The van der Waals surface area contributed by atoms with Crippen LogP contribution < -0.4 is 10.1 Å². The van der Waals surface area contributed by atoms with Gasteiger partial charge in [0.15, 0.2) is 0 Å². The third-order valence-corrected chi connectivity index (χ3v) is 5.58. The number of ether oxygens (including phenoxy) is 2. The quantitative estimate of drug-likeness (QED) is 0.297. The second-order valence-electron chi connectivity index (χ2n) is 8.56. The molecule has 0 fully saturated rings. The molecule has 0 spiro atoms. The predicted molar refractivity (Wildman–Crippen MR) is 133 cm³/mol. The smallest absolute Gasteiger partial charge is 0.311 e. The normalized spacial score (nSPS) is 11.6. The molecule has 3 aromatic rings. The van der Waals surface area contributed by atoms with Gasteiger partial charge in [-0.2, -0.15) is 0 Å². The van der Waals surface area contributed by atoms with Crippen LogP contribution in [-0.2, 0) is 22.7 Å². The van der Waals surface area contributed by atoms with E-state index in [1.807, 2.05) is 45.0 Å². The van der Waals surface area contributed by atoms with Crippen molar-refractivity contribution in [1.82, 2.24) is 5.32 Å². The Balaban J connectivity index is 1.62. The van der Waals surface area contributed by atoms with Crippen molar-refractivity contribution in [2.45, 2.75) is 33.9 Å². The fourth-order valence-electron chi connectivity index (χ4n) is 2.91. The van der Waals surface area contributed by atoms with Gasteiger partial charge in [-0.05, 0) is 61.6 Å². The highest BCUT2D eigenvalue weighted by atomic mass is 32.1. The first-order valence-electron chi connectivity index (χ1n) is 10.8. The maximum absolute atomic E-state index is 11.8. The Bertz CT molecular complexity index is 1010. The molecule has 1 N–H and O–H groups in total. The SMILES string of the molecule is CC(C)(C)C(=O)OCCNCc1ccc(C=Cc2cccs2)c(OCc2ccccc2)c1. The van der Waals surface area contributed by atoms with E-state index >= 15 is 0 Å². The van der Waals surface area contributed by atoms with Gasteiger partial charge >= 0.3 is 5.97 Å². The lowest BCUT2D eigenvalue weighted by Gasteiger charge is -2.16. The Labute approximate surface area is 194 Å². The molecular formula is C27H31NO3S. The van der Waals surface area contributed by atoms with E-state index in [1.165, 1.54) is 4.88 Å². The zero-order valence-electron chi connectivity index (χ0n) is 19.0. The van der Waals surface area contributed by atoms with Gasteiger partial charge < -0.3 is 14.8 Å². The Morgan fingerprint density at radius 3 is 2.53 bits per heavy atom. The van der Waals surface area contributed by atoms with Crippen LogP contribution in [0.25, 0.3) is 12.2 Å². The molecule has 0 atom stereocenters. The molecule has 5 heteroatoms. The number of hydrogen-bond donors (Lipinski definition) is 1. The standard InChI is InChI=1S/C27H31NO3S/c1-27(2,3)26(29)30-16-15-28-19-22-11-12-23(13-14-24-10-7-17-32-24)25(18-22)31-20-21-8-5-4-6-9-21/h4-14,17-18,28H,15-16,19-20H2,1-3H3. The molecule has 0 radical (unpaired) electrons. The number of carbonyl (C=O) groups is 1. The number of hydrogen-bond acceptors (Lipinski definition) is 5. The summed E-state index contributed by atoms with van der Waals surface area (Å²) in [5, 5.41) is 5.40. The van der Waals surface area contributed by atoms with Gasteiger partial charge in [0.1, 0.15) is 19.0 Å². The maximum Gasteiger partial charge on any atom is 0.311 e. The summed E-state index contributed by atoms with van der Waals surface area (Å²) in [6.07, 6.45) is 4.20. The lowest BCUT2D eigenvalue weighted by molar-refractivity contribution is -0.152. The van der Waals surface area contributed by atoms with Crippen LogP contribution >= 0.6 is 11.3 Å². The largest absolute Gasteiger partial charge is 0.488 e. The minimum atomic E-state index is -0.475. The van der Waals surface area contributed by atoms with Crippen molar-refractivity contribution in [2.75, 3.05) is 13.2 Å². The van der Waals surface area contributed by atoms with Gasteiger partial charge in [0.25, 0.3) is 0 Å². The van der Waals surface area contributed by atoms with E-state index in [0.29, 0.717) is 26.3 Å². The van der Waals surface area contributed by atoms with E-state index in [9.17, 15) is 4.79 Å². The molecule has 1 aromatic heterocycles. The third kappa shape index (κ3) is 7.66. The highest BCUT2D eigenvalue weighted by Crippen LogP contribution is 2.25. The summed E-state index contributed by atoms with van der Waals surface area (Å²) in [5.74, 6) is 0.665. The molecule has 4 nitrogen and oxygen atoms in total. The van der Waals surface area contributed by atoms with Crippen LogP contribution in [0, 0.1) is 5.41 Å². The van der Waals surface area contributed by atoms with E-state index in [4.69, 9.17) is 9.47 Å². The highest BCUT2D eigenvalue weighted by molar-refractivity contribution is 7.10. The molecule has 0 aliphatic heterocycles. The van der Waals surface area contributed by atoms with Crippen molar-refractivity contribution in [3.05, 3.63) is 87.6 Å². The second kappa shape index (κ2) is 11.7. The second-order valence-corrected chi connectivity index (χ2v) is 9.54. The fourth-order valence-corrected chi connectivity index (χ4v) is 3.53. The molecule has 1 heterocycles. The Morgan fingerprint density at radius 1 is 1.00 bits per heavy atom. The van der Waals surface area contributed by atoms with Gasteiger partial charge in [-0.25, -0.2) is 0 Å². The average molecular weight is 450 g/mol. The summed E-state index contributed by atoms with van der Waals surface area (Å²) in [5.41, 5.74) is 2.81. The Morgan fingerprint density at radius 2 is 1.81 bits per heavy atom. The number of nitrogens with one attached hydrogen (secondary N) is 1. The van der Waals surface area contributed by atoms with Gasteiger partial charge in [0.2, 0.25) is 0 Å². The van der Waals surface area contributed by atoms with Gasteiger partial charge in [0, 0.05) is 23.5 Å². The van der Waals surface area contributed by atoms with Crippen LogP contribution in [0.5, 0.6) is 5.75 Å². The molecule has 168 valence electrons. The first kappa shape index (κ1) is 23.8. The van der Waals surface area contributed by atoms with Gasteiger partial charge in [-0.1, -0.05) is 48.5 Å². The number of carbonyl (C=O) groups excluding carboxylic acids is 1. The number of benzene rings is 2. The summed E-state index contributed by atoms with van der Waals surface area (Å²) < 4.78 is 11.5. The minimum Gasteiger partial charge on any atom is -0.488 e. The summed E-state index contributed by atoms with van der Waals surface area (Å²) in [4.78, 5) is 13.0. The molecule has 3 rings (SSSR count). The summed E-state index contributed by atoms with van der Waals surface area (Å²) in [6, 6.07) is 20.6. The first-order chi connectivity index (χ1) is 15.4. The number of thiophene rings is 1. The van der Waals surface area contributed by atoms with E-state index in [0.717, 1.165) is 22.4 Å². The fraction of sp³-hybridized carbons (Fsp3) is 0.296. The zero-order valence-corrected chi connectivity index (χ0v) is 19.8. The lowest BCUT2D eigenvalue weighted by Crippen LogP contribution is -2.27. The van der Waals surface area contributed by atoms with Gasteiger partial charge in [0.05, 0.1) is 5.41 Å². The van der Waals surface area contributed by atoms with Crippen LogP contribution in [0.4, 0.5) is 0 Å². The highest BCUT2D eigenvalue weighted by Gasteiger charge is 2.22. The molecule has 0 unspecified atom stereocenters. The predicted octanol–water partition coefficient (Wildman–Crippen LogP) is 6.18. The van der Waals surface area contributed by atoms with E-state index < -0.39 is 5.41 Å². The summed E-state index contributed by atoms with van der Waals surface area (Å²) in [7, 11) is 0. The van der Waals surface area contributed by atoms with Crippen molar-refractivity contribution in [3.8, 4) is 5.75 Å². The van der Waals surface area contributed by atoms with Crippen molar-refractivity contribution in [2.24, 2.45) is 5.41 Å². The molecule has 0 aliphatic rings. The molecular weight excluding hydrogens is 418 g/mol. The number of rotatable bonds is 10. The average Bonchev–Trinajstić information content (AvgIpc) is 3.30. The Kier molecular flexibility index (Phi) is 8.65. The molecule has 0 bridgehead atoms. The molecule has 32 heavy (non-hydrogen) atoms. The van der Waals surface area contributed by atoms with Crippen LogP contribution in [0.2, 0.25) is 0 Å². The van der Waals surface area contributed by atoms with E-state index in [-0.39, 0.29) is 5.97 Å². The topological polar surface area (TPSA) is 47.6 Å².